The van der Waals surface area contributed by atoms with Gasteiger partial charge in [0, 0.05) is 0 Å². The Bertz CT molecular complexity index is 1520. The molecule has 2 heterocycles. The van der Waals surface area contributed by atoms with Crippen molar-refractivity contribution in [3.63, 3.8) is 0 Å². The number of benzene rings is 3. The predicted octanol–water partition coefficient (Wildman–Crippen LogP) is 5.65. The van der Waals surface area contributed by atoms with Crippen LogP contribution in [0.1, 0.15) is 16.7 Å². The smallest absolute Gasteiger partial charge is 0.274 e. The maximum absolute atomic E-state index is 12.9. The van der Waals surface area contributed by atoms with E-state index in [2.05, 4.69) is 4.98 Å². The van der Waals surface area contributed by atoms with Crippen LogP contribution in [0.2, 0.25) is 10.0 Å². The third-order valence-electron chi connectivity index (χ3n) is 4.97. The van der Waals surface area contributed by atoms with Gasteiger partial charge in [0.05, 0.1) is 25.6 Å². The van der Waals surface area contributed by atoms with E-state index in [1.807, 2.05) is 55.5 Å². The number of imidazole rings is 1. The molecule has 0 atom stereocenters. The molecule has 0 fully saturated rings. The summed E-state index contributed by atoms with van der Waals surface area (Å²) in [7, 11) is 0. The fourth-order valence-corrected chi connectivity index (χ4v) is 5.00. The lowest BCUT2D eigenvalue weighted by Gasteiger charge is -2.11. The van der Waals surface area contributed by atoms with Crippen LogP contribution in [0.3, 0.4) is 0 Å². The summed E-state index contributed by atoms with van der Waals surface area (Å²) in [5.41, 5.74) is 4.43. The van der Waals surface area contributed by atoms with Crippen molar-refractivity contribution in [2.45, 2.75) is 13.5 Å². The van der Waals surface area contributed by atoms with Crippen molar-refractivity contribution in [2.75, 3.05) is 0 Å². The molecule has 0 saturated heterocycles. The van der Waals surface area contributed by atoms with Gasteiger partial charge in [0.2, 0.25) is 0 Å². The Hall–Kier alpha value is -2.86. The SMILES string of the molecule is Cc1ccc(COc2c(Cl)cc(C=c3sc4nc5ccccc5n4c3=O)cc2Cl)cc1. The topological polar surface area (TPSA) is 43.6 Å². The quantitative estimate of drug-likeness (QED) is 0.343. The van der Waals surface area contributed by atoms with Crippen LogP contribution in [-0.2, 0) is 6.61 Å². The lowest BCUT2D eigenvalue weighted by molar-refractivity contribution is 0.306. The maximum Gasteiger partial charge on any atom is 0.274 e. The molecule has 3 aromatic carbocycles. The van der Waals surface area contributed by atoms with E-state index in [0.717, 1.165) is 22.2 Å². The number of hydrogen-bond acceptors (Lipinski definition) is 4. The van der Waals surface area contributed by atoms with Crippen molar-refractivity contribution in [3.05, 3.63) is 102 Å². The zero-order valence-corrected chi connectivity index (χ0v) is 18.8. The number of aryl methyl sites for hydroxylation is 1. The van der Waals surface area contributed by atoms with Crippen LogP contribution in [0.4, 0.5) is 0 Å². The zero-order valence-electron chi connectivity index (χ0n) is 16.4. The van der Waals surface area contributed by atoms with Crippen LogP contribution in [0.25, 0.3) is 22.1 Å². The van der Waals surface area contributed by atoms with Crippen molar-refractivity contribution >= 4 is 56.6 Å². The van der Waals surface area contributed by atoms with E-state index in [9.17, 15) is 4.79 Å². The van der Waals surface area contributed by atoms with Gasteiger partial charge < -0.3 is 4.74 Å². The summed E-state index contributed by atoms with van der Waals surface area (Å²) in [4.78, 5) is 18.1. The first kappa shape index (κ1) is 20.1. The molecule has 2 aromatic heterocycles. The van der Waals surface area contributed by atoms with E-state index in [4.69, 9.17) is 27.9 Å². The van der Waals surface area contributed by atoms with Crippen LogP contribution < -0.4 is 14.8 Å². The molecule has 0 saturated carbocycles. The highest BCUT2D eigenvalue weighted by Crippen LogP contribution is 2.35. The van der Waals surface area contributed by atoms with E-state index in [-0.39, 0.29) is 5.56 Å². The van der Waals surface area contributed by atoms with E-state index in [1.54, 1.807) is 22.6 Å². The predicted molar refractivity (Wildman–Crippen MR) is 128 cm³/mol. The second kappa shape index (κ2) is 8.00. The average Bonchev–Trinajstić information content (AvgIpc) is 3.25. The number of fused-ring (bicyclic) bond motifs is 3. The third kappa shape index (κ3) is 3.81. The summed E-state index contributed by atoms with van der Waals surface area (Å²) in [6, 6.07) is 19.2. The first-order chi connectivity index (χ1) is 15.0. The minimum Gasteiger partial charge on any atom is -0.486 e. The Labute approximate surface area is 191 Å². The number of rotatable bonds is 4. The lowest BCUT2D eigenvalue weighted by atomic mass is 10.1. The van der Waals surface area contributed by atoms with Gasteiger partial charge in [-0.1, -0.05) is 76.5 Å². The van der Waals surface area contributed by atoms with Crippen LogP contribution >= 0.6 is 34.5 Å². The molecule has 0 spiro atoms. The number of thiazole rings is 1. The molecule has 0 bridgehead atoms. The molecule has 4 nitrogen and oxygen atoms in total. The summed E-state index contributed by atoms with van der Waals surface area (Å²) in [6.07, 6.45) is 1.78. The third-order valence-corrected chi connectivity index (χ3v) is 6.50. The van der Waals surface area contributed by atoms with Gasteiger partial charge >= 0.3 is 0 Å². The van der Waals surface area contributed by atoms with Gasteiger partial charge in [-0.2, -0.15) is 0 Å². The highest BCUT2D eigenvalue weighted by molar-refractivity contribution is 7.15. The molecule has 0 radical (unpaired) electrons. The van der Waals surface area contributed by atoms with Gasteiger partial charge in [0.25, 0.3) is 5.56 Å². The molecule has 5 aromatic rings. The number of halogens is 2. The largest absolute Gasteiger partial charge is 0.486 e. The number of para-hydroxylation sites is 2. The van der Waals surface area contributed by atoms with Gasteiger partial charge in [0.15, 0.2) is 10.7 Å². The highest BCUT2D eigenvalue weighted by atomic mass is 35.5. The minimum absolute atomic E-state index is 0.111. The van der Waals surface area contributed by atoms with Gasteiger partial charge in [-0.15, -0.1) is 0 Å². The molecule has 7 heteroatoms. The standard InChI is InChI=1S/C24H16Cl2N2O2S/c1-14-6-8-15(9-7-14)13-30-22-17(25)10-16(11-18(22)26)12-21-23(29)28-20-5-3-2-4-19(20)27-24(28)31-21/h2-12H,13H2,1H3. The monoisotopic (exact) mass is 466 g/mol. The molecule has 0 aliphatic rings. The van der Waals surface area contributed by atoms with E-state index in [1.165, 1.54) is 16.9 Å². The molecular weight excluding hydrogens is 451 g/mol. The van der Waals surface area contributed by atoms with Crippen LogP contribution in [0.15, 0.2) is 65.5 Å². The zero-order chi connectivity index (χ0) is 21.5. The molecule has 0 unspecified atom stereocenters. The van der Waals surface area contributed by atoms with Crippen molar-refractivity contribution < 1.29 is 4.74 Å². The summed E-state index contributed by atoms with van der Waals surface area (Å²) in [6.45, 7) is 2.40. The fourth-order valence-electron chi connectivity index (χ4n) is 3.40. The van der Waals surface area contributed by atoms with Crippen molar-refractivity contribution in [1.82, 2.24) is 9.38 Å². The Kier molecular flexibility index (Phi) is 5.18. The summed E-state index contributed by atoms with van der Waals surface area (Å²) in [5.74, 6) is 0.426. The van der Waals surface area contributed by atoms with Gasteiger partial charge in [-0.05, 0) is 48.4 Å². The fraction of sp³-hybridized carbons (Fsp3) is 0.0833. The van der Waals surface area contributed by atoms with Crippen LogP contribution in [-0.4, -0.2) is 9.38 Å². The summed E-state index contributed by atoms with van der Waals surface area (Å²) < 4.78 is 8.05. The summed E-state index contributed by atoms with van der Waals surface area (Å²) >= 11 is 14.2. The van der Waals surface area contributed by atoms with Crippen molar-refractivity contribution in [1.29, 1.82) is 0 Å². The Balaban J connectivity index is 1.48. The molecule has 0 N–H and O–H groups in total. The normalized spacial score (nSPS) is 12.2. The minimum atomic E-state index is -0.111. The Morgan fingerprint density at radius 2 is 1.77 bits per heavy atom. The number of nitrogens with zero attached hydrogens (tertiary/aromatic N) is 2. The number of hydrogen-bond donors (Lipinski definition) is 0. The first-order valence-corrected chi connectivity index (χ1v) is 11.2. The molecule has 5 rings (SSSR count). The molecular formula is C24H16Cl2N2O2S. The summed E-state index contributed by atoms with van der Waals surface area (Å²) in [5, 5.41) is 0.787. The van der Waals surface area contributed by atoms with Crippen molar-refractivity contribution in [3.8, 4) is 5.75 Å². The van der Waals surface area contributed by atoms with E-state index >= 15 is 0 Å². The maximum atomic E-state index is 12.9. The average molecular weight is 467 g/mol. The number of ether oxygens (including phenoxy) is 1. The molecule has 0 amide bonds. The van der Waals surface area contributed by atoms with Gasteiger partial charge in [-0.3, -0.25) is 4.79 Å². The van der Waals surface area contributed by atoms with E-state index < -0.39 is 0 Å². The second-order valence-electron chi connectivity index (χ2n) is 7.22. The lowest BCUT2D eigenvalue weighted by Crippen LogP contribution is -2.22. The van der Waals surface area contributed by atoms with Crippen LogP contribution in [0.5, 0.6) is 5.75 Å². The molecule has 31 heavy (non-hydrogen) atoms. The molecule has 154 valence electrons. The second-order valence-corrected chi connectivity index (χ2v) is 9.05. The van der Waals surface area contributed by atoms with Crippen molar-refractivity contribution in [2.24, 2.45) is 0 Å². The molecule has 0 aliphatic heterocycles. The molecule has 0 aliphatic carbocycles. The van der Waals surface area contributed by atoms with Gasteiger partial charge in [-0.25, -0.2) is 9.38 Å². The Morgan fingerprint density at radius 3 is 2.52 bits per heavy atom. The first-order valence-electron chi connectivity index (χ1n) is 9.59. The van der Waals surface area contributed by atoms with Gasteiger partial charge in [0.1, 0.15) is 6.61 Å². The van der Waals surface area contributed by atoms with Crippen LogP contribution in [0, 0.1) is 6.92 Å². The Morgan fingerprint density at radius 1 is 1.06 bits per heavy atom. The highest BCUT2D eigenvalue weighted by Gasteiger charge is 2.13. The number of aromatic nitrogens is 2. The van der Waals surface area contributed by atoms with E-state index in [0.29, 0.717) is 31.9 Å².